The molecule has 0 aliphatic heterocycles. The fraction of sp³-hybridized carbons (Fsp3) is 0.565. The maximum atomic E-state index is 5.76. The Kier molecular flexibility index (Phi) is 11.1. The van der Waals surface area contributed by atoms with Crippen molar-refractivity contribution in [3.63, 3.8) is 0 Å². The first-order valence-corrected chi connectivity index (χ1v) is 10.1. The molecule has 2 rings (SSSR count). The topological polar surface area (TPSA) is 21.3 Å². The second-order valence-electron chi connectivity index (χ2n) is 6.90. The standard InChI is InChI=1S/C23H35NO/c1(10-18-24-21-23-16-7-4-8-17-23)2-11-19-25-20-12-9-15-22-13-5-3-6-14-22/h4-5,7-8,13-14,16-17,24H,1-3,6,9-12,15,18-21H2. The monoisotopic (exact) mass is 341 g/mol. The molecule has 1 aromatic rings. The first-order chi connectivity index (χ1) is 12.4. The second-order valence-corrected chi connectivity index (χ2v) is 6.90. The van der Waals surface area contributed by atoms with Gasteiger partial charge in [-0.2, -0.15) is 0 Å². The third-order valence-corrected chi connectivity index (χ3v) is 4.64. The number of allylic oxidation sites excluding steroid dienone is 4. The molecule has 2 heteroatoms. The molecule has 0 unspecified atom stereocenters. The van der Waals surface area contributed by atoms with Crippen molar-refractivity contribution in [3.05, 3.63) is 59.7 Å². The molecule has 138 valence electrons. The largest absolute Gasteiger partial charge is 0.381 e. The highest BCUT2D eigenvalue weighted by molar-refractivity contribution is 5.21. The van der Waals surface area contributed by atoms with Crippen LogP contribution in [0.15, 0.2) is 54.1 Å². The van der Waals surface area contributed by atoms with E-state index in [2.05, 4.69) is 53.9 Å². The first-order valence-electron chi connectivity index (χ1n) is 10.1. The number of hydrogen-bond donors (Lipinski definition) is 1. The molecule has 0 spiro atoms. The Morgan fingerprint density at radius 1 is 0.840 bits per heavy atom. The van der Waals surface area contributed by atoms with Crippen molar-refractivity contribution in [2.24, 2.45) is 0 Å². The van der Waals surface area contributed by atoms with Crippen molar-refractivity contribution in [1.29, 1.82) is 0 Å². The fourth-order valence-corrected chi connectivity index (χ4v) is 3.12. The molecule has 0 atom stereocenters. The molecule has 0 saturated heterocycles. The average molecular weight is 342 g/mol. The van der Waals surface area contributed by atoms with Gasteiger partial charge in [0.05, 0.1) is 0 Å². The zero-order valence-corrected chi connectivity index (χ0v) is 15.7. The van der Waals surface area contributed by atoms with Gasteiger partial charge in [-0.25, -0.2) is 0 Å². The summed E-state index contributed by atoms with van der Waals surface area (Å²) in [6.07, 6.45) is 18.1. The quantitative estimate of drug-likeness (QED) is 0.432. The van der Waals surface area contributed by atoms with Crippen molar-refractivity contribution in [1.82, 2.24) is 5.32 Å². The number of unbranched alkanes of at least 4 members (excludes halogenated alkanes) is 4. The predicted molar refractivity (Wildman–Crippen MR) is 108 cm³/mol. The van der Waals surface area contributed by atoms with Crippen molar-refractivity contribution >= 4 is 0 Å². The van der Waals surface area contributed by atoms with Crippen LogP contribution >= 0.6 is 0 Å². The average Bonchev–Trinajstić information content (AvgIpc) is 2.67. The first kappa shape index (κ1) is 19.9. The van der Waals surface area contributed by atoms with Gasteiger partial charge in [0, 0.05) is 19.8 Å². The maximum absolute atomic E-state index is 5.76. The van der Waals surface area contributed by atoms with Gasteiger partial charge in [-0.3, -0.25) is 0 Å². The number of ether oxygens (including phenoxy) is 1. The highest BCUT2D eigenvalue weighted by atomic mass is 16.5. The molecular weight excluding hydrogens is 306 g/mol. The summed E-state index contributed by atoms with van der Waals surface area (Å²) >= 11 is 0. The third-order valence-electron chi connectivity index (χ3n) is 4.64. The number of benzene rings is 1. The van der Waals surface area contributed by atoms with Crippen LogP contribution in [0.2, 0.25) is 0 Å². The van der Waals surface area contributed by atoms with Crippen LogP contribution in [0, 0.1) is 0 Å². The smallest absolute Gasteiger partial charge is 0.0466 e. The highest BCUT2D eigenvalue weighted by Gasteiger charge is 1.98. The Bertz CT molecular complexity index is 492. The van der Waals surface area contributed by atoms with Gasteiger partial charge in [-0.1, -0.05) is 67.0 Å². The van der Waals surface area contributed by atoms with Crippen LogP contribution < -0.4 is 5.32 Å². The Morgan fingerprint density at radius 3 is 2.44 bits per heavy atom. The minimum atomic E-state index is 0.926. The molecule has 1 aliphatic carbocycles. The summed E-state index contributed by atoms with van der Waals surface area (Å²) in [4.78, 5) is 0. The van der Waals surface area contributed by atoms with Gasteiger partial charge in [0.15, 0.2) is 0 Å². The van der Waals surface area contributed by atoms with Gasteiger partial charge >= 0.3 is 0 Å². The summed E-state index contributed by atoms with van der Waals surface area (Å²) in [6.45, 7) is 3.95. The number of rotatable bonds is 14. The minimum Gasteiger partial charge on any atom is -0.381 e. The maximum Gasteiger partial charge on any atom is 0.0466 e. The van der Waals surface area contributed by atoms with Crippen LogP contribution in [0.25, 0.3) is 0 Å². The molecule has 0 bridgehead atoms. The number of nitrogens with one attached hydrogen (secondary N) is 1. The molecule has 0 saturated carbocycles. The Balaban J connectivity index is 1.29. The van der Waals surface area contributed by atoms with E-state index in [1.165, 1.54) is 68.9 Å². The molecule has 0 heterocycles. The lowest BCUT2D eigenvalue weighted by atomic mass is 10.0. The highest BCUT2D eigenvalue weighted by Crippen LogP contribution is 2.15. The third kappa shape index (κ3) is 10.3. The fourth-order valence-electron chi connectivity index (χ4n) is 3.12. The second kappa shape index (κ2) is 13.9. The van der Waals surface area contributed by atoms with Crippen LogP contribution in [0.4, 0.5) is 0 Å². The van der Waals surface area contributed by atoms with E-state index >= 15 is 0 Å². The summed E-state index contributed by atoms with van der Waals surface area (Å²) in [5, 5.41) is 3.51. The van der Waals surface area contributed by atoms with Crippen LogP contribution in [0.5, 0.6) is 0 Å². The van der Waals surface area contributed by atoms with Gasteiger partial charge < -0.3 is 10.1 Å². The van der Waals surface area contributed by atoms with Crippen LogP contribution in [0.3, 0.4) is 0 Å². The van der Waals surface area contributed by atoms with E-state index in [0.717, 1.165) is 26.3 Å². The molecule has 0 amide bonds. The molecule has 2 nitrogen and oxygen atoms in total. The van der Waals surface area contributed by atoms with Gasteiger partial charge in [-0.05, 0) is 57.1 Å². The Labute approximate surface area is 154 Å². The summed E-state index contributed by atoms with van der Waals surface area (Å²) in [5.74, 6) is 0. The Morgan fingerprint density at radius 2 is 1.64 bits per heavy atom. The zero-order chi connectivity index (χ0) is 17.4. The van der Waals surface area contributed by atoms with Crippen LogP contribution in [-0.4, -0.2) is 19.8 Å². The van der Waals surface area contributed by atoms with E-state index in [1.807, 2.05) is 0 Å². The molecular formula is C23H35NO. The van der Waals surface area contributed by atoms with E-state index in [-0.39, 0.29) is 0 Å². The van der Waals surface area contributed by atoms with Crippen molar-refractivity contribution in [3.8, 4) is 0 Å². The van der Waals surface area contributed by atoms with Crippen molar-refractivity contribution in [2.45, 2.75) is 64.3 Å². The molecule has 25 heavy (non-hydrogen) atoms. The summed E-state index contributed by atoms with van der Waals surface area (Å²) in [7, 11) is 0. The lowest BCUT2D eigenvalue weighted by molar-refractivity contribution is 0.126. The van der Waals surface area contributed by atoms with Crippen LogP contribution in [0.1, 0.15) is 63.4 Å². The number of hydrogen-bond acceptors (Lipinski definition) is 2. The van der Waals surface area contributed by atoms with Gasteiger partial charge in [0.2, 0.25) is 0 Å². The van der Waals surface area contributed by atoms with Crippen molar-refractivity contribution < 1.29 is 4.74 Å². The van der Waals surface area contributed by atoms with Crippen molar-refractivity contribution in [2.75, 3.05) is 19.8 Å². The molecule has 0 fully saturated rings. The lowest BCUT2D eigenvalue weighted by Gasteiger charge is -2.07. The summed E-state index contributed by atoms with van der Waals surface area (Å²) in [5.41, 5.74) is 2.89. The molecule has 0 radical (unpaired) electrons. The summed E-state index contributed by atoms with van der Waals surface area (Å²) < 4.78 is 5.76. The molecule has 0 aromatic heterocycles. The predicted octanol–water partition coefficient (Wildman–Crippen LogP) is 5.80. The zero-order valence-electron chi connectivity index (χ0n) is 15.7. The van der Waals surface area contributed by atoms with Gasteiger partial charge in [0.25, 0.3) is 0 Å². The normalized spacial score (nSPS) is 13.8. The molecule has 1 aromatic carbocycles. The van der Waals surface area contributed by atoms with Crippen LogP contribution in [-0.2, 0) is 11.3 Å². The Hall–Kier alpha value is -1.38. The van der Waals surface area contributed by atoms with E-state index in [0.29, 0.717) is 0 Å². The summed E-state index contributed by atoms with van der Waals surface area (Å²) in [6, 6.07) is 10.6. The van der Waals surface area contributed by atoms with E-state index in [1.54, 1.807) is 0 Å². The molecule has 1 N–H and O–H groups in total. The SMILES string of the molecule is C1=CC(CCCCOCCCCCCNCc2ccccc2)=CCC1. The van der Waals surface area contributed by atoms with E-state index < -0.39 is 0 Å². The lowest BCUT2D eigenvalue weighted by Crippen LogP contribution is -2.14. The van der Waals surface area contributed by atoms with E-state index in [4.69, 9.17) is 4.74 Å². The minimum absolute atomic E-state index is 0.926. The van der Waals surface area contributed by atoms with Gasteiger partial charge in [-0.15, -0.1) is 0 Å². The van der Waals surface area contributed by atoms with E-state index in [9.17, 15) is 0 Å². The molecule has 1 aliphatic rings. The van der Waals surface area contributed by atoms with Gasteiger partial charge in [0.1, 0.15) is 0 Å².